The number of aliphatic carboxylic acids is 1. The minimum absolute atomic E-state index is 0.0491. The molecule has 3 N–H and O–H groups in total. The zero-order valence-electron chi connectivity index (χ0n) is 49.3. The van der Waals surface area contributed by atoms with Gasteiger partial charge in [-0.05, 0) is 96.3 Å². The van der Waals surface area contributed by atoms with Gasteiger partial charge < -0.3 is 39.0 Å². The number of hydrogen-bond donors (Lipinski definition) is 3. The van der Waals surface area contributed by atoms with Crippen molar-refractivity contribution >= 4 is 23.9 Å². The monoisotopic (exact) mass is 1100 g/mol. The van der Waals surface area contributed by atoms with Crippen LogP contribution >= 0.6 is 0 Å². The Bertz CT molecular complexity index is 1790. The van der Waals surface area contributed by atoms with Gasteiger partial charge in [-0.2, -0.15) is 0 Å². The van der Waals surface area contributed by atoms with E-state index in [1.54, 1.807) is 0 Å². The van der Waals surface area contributed by atoms with Gasteiger partial charge in [-0.25, -0.2) is 4.79 Å². The van der Waals surface area contributed by atoms with E-state index in [9.17, 15) is 34.5 Å². The van der Waals surface area contributed by atoms with Crippen LogP contribution in [-0.2, 0) is 42.9 Å². The van der Waals surface area contributed by atoms with Crippen LogP contribution in [0.1, 0.15) is 239 Å². The lowest BCUT2D eigenvalue weighted by molar-refractivity contribution is -0.301. The molecule has 0 saturated carbocycles. The van der Waals surface area contributed by atoms with Crippen molar-refractivity contribution in [3.8, 4) is 0 Å². The van der Waals surface area contributed by atoms with E-state index in [0.29, 0.717) is 19.3 Å². The number of ether oxygens (including phenoxy) is 5. The fourth-order valence-corrected chi connectivity index (χ4v) is 8.64. The Morgan fingerprint density at radius 1 is 0.430 bits per heavy atom. The lowest BCUT2D eigenvalue weighted by atomic mass is 9.98. The second-order valence-corrected chi connectivity index (χ2v) is 20.6. The van der Waals surface area contributed by atoms with Gasteiger partial charge in [0.15, 0.2) is 24.6 Å². The van der Waals surface area contributed by atoms with Crippen molar-refractivity contribution < 1.29 is 58.2 Å². The Hall–Kier alpha value is -4.62. The third-order valence-electron chi connectivity index (χ3n) is 13.3. The summed E-state index contributed by atoms with van der Waals surface area (Å²) in [7, 11) is 0. The summed E-state index contributed by atoms with van der Waals surface area (Å²) < 4.78 is 28.4. The molecule has 0 bridgehead atoms. The first-order chi connectivity index (χ1) is 38.6. The molecular formula is C67H108O12. The molecule has 12 heteroatoms. The Morgan fingerprint density at radius 2 is 0.823 bits per heavy atom. The number of carboxylic acid groups (broad SMARTS) is 1. The Labute approximate surface area is 478 Å². The van der Waals surface area contributed by atoms with Crippen molar-refractivity contribution in [1.82, 2.24) is 0 Å². The van der Waals surface area contributed by atoms with E-state index >= 15 is 0 Å². The minimum Gasteiger partial charge on any atom is -0.479 e. The number of aliphatic hydroxyl groups excluding tert-OH is 2. The van der Waals surface area contributed by atoms with E-state index < -0.39 is 67.3 Å². The smallest absolute Gasteiger partial charge is 0.335 e. The minimum atomic E-state index is -1.92. The van der Waals surface area contributed by atoms with Crippen molar-refractivity contribution in [3.05, 3.63) is 109 Å². The molecule has 6 unspecified atom stereocenters. The molecule has 1 saturated heterocycles. The molecule has 0 aliphatic carbocycles. The maximum atomic E-state index is 13.2. The van der Waals surface area contributed by atoms with Gasteiger partial charge in [-0.3, -0.25) is 14.4 Å². The van der Waals surface area contributed by atoms with Crippen molar-refractivity contribution in [1.29, 1.82) is 0 Å². The Kier molecular flexibility index (Phi) is 49.5. The van der Waals surface area contributed by atoms with Crippen molar-refractivity contribution in [2.24, 2.45) is 0 Å². The molecule has 1 heterocycles. The van der Waals surface area contributed by atoms with Crippen LogP contribution in [0.2, 0.25) is 0 Å². The molecule has 1 aliphatic heterocycles. The highest BCUT2D eigenvalue weighted by atomic mass is 16.7. The number of carboxylic acids is 1. The van der Waals surface area contributed by atoms with Crippen LogP contribution in [0.3, 0.4) is 0 Å². The van der Waals surface area contributed by atoms with Gasteiger partial charge in [0.25, 0.3) is 0 Å². The first kappa shape index (κ1) is 72.4. The molecule has 1 aliphatic rings. The molecule has 0 spiro atoms. The normalized spacial score (nSPS) is 18.6. The highest BCUT2D eigenvalue weighted by Crippen LogP contribution is 2.26. The van der Waals surface area contributed by atoms with Gasteiger partial charge in [-0.15, -0.1) is 0 Å². The molecule has 0 aromatic rings. The predicted molar refractivity (Wildman–Crippen MR) is 321 cm³/mol. The highest BCUT2D eigenvalue weighted by molar-refractivity contribution is 5.74. The summed E-state index contributed by atoms with van der Waals surface area (Å²) in [4.78, 5) is 51.1. The number of aliphatic hydroxyl groups is 2. The summed E-state index contributed by atoms with van der Waals surface area (Å²) in [5.74, 6) is -3.25. The van der Waals surface area contributed by atoms with Crippen LogP contribution in [0.5, 0.6) is 0 Å². The van der Waals surface area contributed by atoms with Crippen LogP contribution in [0.4, 0.5) is 0 Å². The van der Waals surface area contributed by atoms with Crippen LogP contribution in [0.15, 0.2) is 109 Å². The van der Waals surface area contributed by atoms with Crippen molar-refractivity contribution in [3.63, 3.8) is 0 Å². The van der Waals surface area contributed by atoms with Crippen LogP contribution in [0.25, 0.3) is 0 Å². The van der Waals surface area contributed by atoms with E-state index in [1.807, 2.05) is 12.2 Å². The quantitative estimate of drug-likeness (QED) is 0.0228. The standard InChI is InChI=1S/C67H108O12/c1-4-7-10-13-16-19-22-24-26-28-30-32-34-36-39-41-44-47-50-53-59(68)75-56-58(77-60(69)54-51-48-45-43-40-37-35-33-31-29-27-25-23-20-17-14-11-8-5-2)57-76-67-65(63(72)62(71)64(79-67)66(73)74)78-61(70)55-52-49-46-42-38-21-18-15-12-9-6-3/h7,10,16-17,19-20,24-27,30-33,36,39,44,47,58,62-65,67,71-72H,4-6,8-9,11-15,18,21-23,28-29,34-35,37-38,40-43,45-46,48-57H2,1-3H3,(H,73,74)/b10-7-,19-16-,20-17-,26-24-,27-25-,32-30-,33-31-,39-36-,47-44-. The SMILES string of the molecule is CC/C=C\C/C=C\C/C=C\C/C=C\C/C=C\C/C=C\CCC(=O)OCC(COC1OC(C(=O)O)C(O)C(O)C1OC(=O)CCCCCCCCCCCCC)OC(=O)CCCCCCCC/C=C\C/C=C\C/C=C\CCCCC. The first-order valence-electron chi connectivity index (χ1n) is 30.9. The average molecular weight is 1110 g/mol. The number of carbonyl (C=O) groups excluding carboxylic acids is 3. The van der Waals surface area contributed by atoms with E-state index in [2.05, 4.69) is 118 Å². The molecule has 0 aromatic carbocycles. The molecule has 6 atom stereocenters. The zero-order valence-corrected chi connectivity index (χ0v) is 49.3. The van der Waals surface area contributed by atoms with Gasteiger partial charge >= 0.3 is 23.9 Å². The first-order valence-corrected chi connectivity index (χ1v) is 30.9. The average Bonchev–Trinajstić information content (AvgIpc) is 3.47. The van der Waals surface area contributed by atoms with Crippen molar-refractivity contribution in [2.75, 3.05) is 13.2 Å². The topological polar surface area (TPSA) is 175 Å². The number of esters is 3. The summed E-state index contributed by atoms with van der Waals surface area (Å²) in [5, 5.41) is 31.5. The molecule has 79 heavy (non-hydrogen) atoms. The van der Waals surface area contributed by atoms with Gasteiger partial charge in [0.05, 0.1) is 6.61 Å². The van der Waals surface area contributed by atoms with E-state index in [0.717, 1.165) is 116 Å². The number of rotatable bonds is 51. The third-order valence-corrected chi connectivity index (χ3v) is 13.3. The summed E-state index contributed by atoms with van der Waals surface area (Å²) in [6.45, 7) is 5.76. The Balaban J connectivity index is 2.73. The third kappa shape index (κ3) is 43.8. The molecule has 448 valence electrons. The molecular weight excluding hydrogens is 997 g/mol. The fourth-order valence-electron chi connectivity index (χ4n) is 8.64. The van der Waals surface area contributed by atoms with Crippen LogP contribution in [0, 0.1) is 0 Å². The molecule has 1 fully saturated rings. The van der Waals surface area contributed by atoms with Gasteiger partial charge in [0, 0.05) is 19.3 Å². The predicted octanol–water partition coefficient (Wildman–Crippen LogP) is 16.2. The van der Waals surface area contributed by atoms with Crippen molar-refractivity contribution in [2.45, 2.75) is 276 Å². The van der Waals surface area contributed by atoms with Crippen LogP contribution in [-0.4, -0.2) is 89.2 Å². The van der Waals surface area contributed by atoms with E-state index in [-0.39, 0.29) is 25.9 Å². The molecule has 12 nitrogen and oxygen atoms in total. The van der Waals surface area contributed by atoms with E-state index in [1.165, 1.54) is 64.2 Å². The Morgan fingerprint density at radius 3 is 1.29 bits per heavy atom. The second kappa shape index (κ2) is 54.0. The highest BCUT2D eigenvalue weighted by Gasteiger charge is 2.50. The number of carbonyl (C=O) groups is 4. The summed E-state index contributed by atoms with van der Waals surface area (Å²) >= 11 is 0. The number of allylic oxidation sites excluding steroid dienone is 18. The lowest BCUT2D eigenvalue weighted by Crippen LogP contribution is -2.61. The van der Waals surface area contributed by atoms with Gasteiger partial charge in [-0.1, -0.05) is 233 Å². The summed E-state index contributed by atoms with van der Waals surface area (Å²) in [6.07, 6.45) is 60.7. The number of hydrogen-bond acceptors (Lipinski definition) is 11. The molecule has 0 aromatic heterocycles. The second-order valence-electron chi connectivity index (χ2n) is 20.6. The summed E-state index contributed by atoms with van der Waals surface area (Å²) in [6, 6.07) is 0. The maximum Gasteiger partial charge on any atom is 0.335 e. The zero-order chi connectivity index (χ0) is 57.5. The molecule has 0 amide bonds. The number of unbranched alkanes of at least 4 members (excludes halogenated alkanes) is 19. The largest absolute Gasteiger partial charge is 0.479 e. The van der Waals surface area contributed by atoms with Crippen LogP contribution < -0.4 is 0 Å². The molecule has 1 rings (SSSR count). The lowest BCUT2D eigenvalue weighted by Gasteiger charge is -2.40. The van der Waals surface area contributed by atoms with E-state index in [4.69, 9.17) is 23.7 Å². The van der Waals surface area contributed by atoms with Gasteiger partial charge in [0.1, 0.15) is 18.8 Å². The van der Waals surface area contributed by atoms with Gasteiger partial charge in [0.2, 0.25) is 0 Å². The maximum absolute atomic E-state index is 13.2. The molecule has 0 radical (unpaired) electrons. The summed E-state index contributed by atoms with van der Waals surface area (Å²) in [5.41, 5.74) is 0. The fraction of sp³-hybridized carbons (Fsp3) is 0.672.